The Bertz CT molecular complexity index is 1020. The van der Waals surface area contributed by atoms with Gasteiger partial charge in [0.05, 0.1) is 24.0 Å². The highest BCUT2D eigenvalue weighted by Gasteiger charge is 2.30. The molecule has 0 aliphatic carbocycles. The monoisotopic (exact) mass is 391 g/mol. The summed E-state index contributed by atoms with van der Waals surface area (Å²) in [5.74, 6) is 2.52. The van der Waals surface area contributed by atoms with Crippen molar-refractivity contribution >= 4 is 5.91 Å². The standard InChI is InChI=1S/C21H25N7O/c1-26-19(15-5-3-2-4-6-15)17(13-23-26)21(29)27-10-7-16(8-11-27)20-25-24-18-14-22-9-12-28(18)20/h2-6,13,16,22H,7-12,14H2,1H3. The molecule has 0 spiro atoms. The first-order valence-electron chi connectivity index (χ1n) is 10.2. The number of amides is 1. The fourth-order valence-corrected chi connectivity index (χ4v) is 4.46. The van der Waals surface area contributed by atoms with Gasteiger partial charge in [0.15, 0.2) is 0 Å². The Morgan fingerprint density at radius 3 is 2.69 bits per heavy atom. The number of hydrogen-bond acceptors (Lipinski definition) is 5. The normalized spacial score (nSPS) is 17.3. The van der Waals surface area contributed by atoms with E-state index >= 15 is 0 Å². The molecule has 1 aromatic carbocycles. The van der Waals surface area contributed by atoms with Gasteiger partial charge >= 0.3 is 0 Å². The lowest BCUT2D eigenvalue weighted by Crippen LogP contribution is -2.39. The van der Waals surface area contributed by atoms with Gasteiger partial charge in [-0.05, 0) is 12.8 Å². The molecule has 0 saturated carbocycles. The predicted octanol–water partition coefficient (Wildman–Crippen LogP) is 1.80. The molecule has 29 heavy (non-hydrogen) atoms. The highest BCUT2D eigenvalue weighted by Crippen LogP contribution is 2.30. The molecule has 5 rings (SSSR count). The molecule has 8 nitrogen and oxygen atoms in total. The average molecular weight is 391 g/mol. The number of piperidine rings is 1. The number of fused-ring (bicyclic) bond motifs is 1. The summed E-state index contributed by atoms with van der Waals surface area (Å²) >= 11 is 0. The molecule has 0 atom stereocenters. The molecule has 0 bridgehead atoms. The van der Waals surface area contributed by atoms with Crippen molar-refractivity contribution in [3.05, 3.63) is 53.7 Å². The van der Waals surface area contributed by atoms with Crippen LogP contribution in [0, 0.1) is 0 Å². The Balaban J connectivity index is 1.32. The lowest BCUT2D eigenvalue weighted by Gasteiger charge is -2.32. The molecule has 8 heteroatoms. The third-order valence-electron chi connectivity index (χ3n) is 6.02. The molecule has 2 aliphatic rings. The van der Waals surface area contributed by atoms with Gasteiger partial charge < -0.3 is 14.8 Å². The Hall–Kier alpha value is -3.00. The van der Waals surface area contributed by atoms with Crippen LogP contribution < -0.4 is 5.32 Å². The first-order chi connectivity index (χ1) is 14.2. The topological polar surface area (TPSA) is 80.9 Å². The minimum atomic E-state index is 0.0582. The predicted molar refractivity (Wildman–Crippen MR) is 108 cm³/mol. The zero-order chi connectivity index (χ0) is 19.8. The summed E-state index contributed by atoms with van der Waals surface area (Å²) in [5.41, 5.74) is 2.55. The van der Waals surface area contributed by atoms with E-state index in [0.717, 1.165) is 68.5 Å². The van der Waals surface area contributed by atoms with Crippen molar-refractivity contribution in [2.24, 2.45) is 7.05 Å². The van der Waals surface area contributed by atoms with Gasteiger partial charge in [-0.1, -0.05) is 30.3 Å². The van der Waals surface area contributed by atoms with E-state index in [1.165, 1.54) is 0 Å². The quantitative estimate of drug-likeness (QED) is 0.736. The van der Waals surface area contributed by atoms with Crippen LogP contribution in [-0.4, -0.2) is 55.0 Å². The highest BCUT2D eigenvalue weighted by atomic mass is 16.2. The Morgan fingerprint density at radius 2 is 1.90 bits per heavy atom. The van der Waals surface area contributed by atoms with Gasteiger partial charge in [0.25, 0.3) is 5.91 Å². The summed E-state index contributed by atoms with van der Waals surface area (Å²) in [6.45, 7) is 4.12. The Kier molecular flexibility index (Phi) is 4.63. The molecule has 2 aliphatic heterocycles. The zero-order valence-electron chi connectivity index (χ0n) is 16.6. The largest absolute Gasteiger partial charge is 0.338 e. The number of aryl methyl sites for hydroxylation is 1. The van der Waals surface area contributed by atoms with Crippen molar-refractivity contribution in [3.8, 4) is 11.3 Å². The molecule has 1 amide bonds. The highest BCUT2D eigenvalue weighted by molar-refractivity contribution is 6.00. The van der Waals surface area contributed by atoms with Crippen molar-refractivity contribution in [1.82, 2.24) is 34.8 Å². The van der Waals surface area contributed by atoms with Crippen LogP contribution in [0.2, 0.25) is 0 Å². The van der Waals surface area contributed by atoms with Crippen LogP contribution >= 0.6 is 0 Å². The molecule has 150 valence electrons. The number of nitrogens with zero attached hydrogens (tertiary/aromatic N) is 6. The molecule has 2 aromatic heterocycles. The Labute approximate surface area is 169 Å². The van der Waals surface area contributed by atoms with Crippen molar-refractivity contribution in [2.75, 3.05) is 19.6 Å². The molecular formula is C21H25N7O. The minimum absolute atomic E-state index is 0.0582. The van der Waals surface area contributed by atoms with Crippen LogP contribution in [0.15, 0.2) is 36.5 Å². The third-order valence-corrected chi connectivity index (χ3v) is 6.02. The SMILES string of the molecule is Cn1ncc(C(=O)N2CCC(c3nnc4n3CCNC4)CC2)c1-c1ccccc1. The van der Waals surface area contributed by atoms with Crippen LogP contribution in [0.1, 0.15) is 40.8 Å². The lowest BCUT2D eigenvalue weighted by atomic mass is 9.95. The molecule has 1 fully saturated rings. The summed E-state index contributed by atoms with van der Waals surface area (Å²) in [4.78, 5) is 15.2. The van der Waals surface area contributed by atoms with E-state index in [4.69, 9.17) is 0 Å². The second-order valence-corrected chi connectivity index (χ2v) is 7.77. The fraction of sp³-hybridized carbons (Fsp3) is 0.429. The van der Waals surface area contributed by atoms with Crippen LogP contribution in [0.3, 0.4) is 0 Å². The van der Waals surface area contributed by atoms with Crippen molar-refractivity contribution < 1.29 is 4.79 Å². The number of carbonyl (C=O) groups excluding carboxylic acids is 1. The van der Waals surface area contributed by atoms with E-state index in [1.54, 1.807) is 10.9 Å². The minimum Gasteiger partial charge on any atom is -0.338 e. The second kappa shape index (κ2) is 7.44. The van der Waals surface area contributed by atoms with E-state index in [0.29, 0.717) is 11.5 Å². The number of aromatic nitrogens is 5. The number of hydrogen-bond donors (Lipinski definition) is 1. The number of carbonyl (C=O) groups is 1. The van der Waals surface area contributed by atoms with Crippen LogP contribution in [0.4, 0.5) is 0 Å². The van der Waals surface area contributed by atoms with E-state index in [9.17, 15) is 4.79 Å². The maximum atomic E-state index is 13.3. The number of nitrogens with one attached hydrogen (secondary N) is 1. The maximum absolute atomic E-state index is 13.3. The van der Waals surface area contributed by atoms with Gasteiger partial charge in [0, 0.05) is 44.7 Å². The van der Waals surface area contributed by atoms with Gasteiger partial charge in [-0.2, -0.15) is 5.10 Å². The fourth-order valence-electron chi connectivity index (χ4n) is 4.46. The first-order valence-corrected chi connectivity index (χ1v) is 10.2. The van der Waals surface area contributed by atoms with E-state index in [1.807, 2.05) is 42.3 Å². The van der Waals surface area contributed by atoms with Crippen LogP contribution in [-0.2, 0) is 20.1 Å². The maximum Gasteiger partial charge on any atom is 0.257 e. The van der Waals surface area contributed by atoms with Gasteiger partial charge in [0.1, 0.15) is 11.6 Å². The number of benzene rings is 1. The van der Waals surface area contributed by atoms with Crippen molar-refractivity contribution in [1.29, 1.82) is 0 Å². The lowest BCUT2D eigenvalue weighted by molar-refractivity contribution is 0.0711. The van der Waals surface area contributed by atoms with E-state index < -0.39 is 0 Å². The number of likely N-dealkylation sites (tertiary alicyclic amines) is 1. The van der Waals surface area contributed by atoms with Gasteiger partial charge in [0.2, 0.25) is 0 Å². The van der Waals surface area contributed by atoms with Crippen molar-refractivity contribution in [3.63, 3.8) is 0 Å². The summed E-state index contributed by atoms with van der Waals surface area (Å²) in [5, 5.41) is 16.5. The zero-order valence-corrected chi connectivity index (χ0v) is 16.6. The molecule has 1 saturated heterocycles. The molecule has 1 N–H and O–H groups in total. The summed E-state index contributed by atoms with van der Waals surface area (Å²) < 4.78 is 4.04. The molecular weight excluding hydrogens is 366 g/mol. The summed E-state index contributed by atoms with van der Waals surface area (Å²) in [6.07, 6.45) is 3.52. The van der Waals surface area contributed by atoms with Crippen molar-refractivity contribution in [2.45, 2.75) is 31.8 Å². The smallest absolute Gasteiger partial charge is 0.257 e. The third kappa shape index (κ3) is 3.23. The van der Waals surface area contributed by atoms with Gasteiger partial charge in [-0.3, -0.25) is 9.48 Å². The van der Waals surface area contributed by atoms with Gasteiger partial charge in [-0.15, -0.1) is 10.2 Å². The average Bonchev–Trinajstić information content (AvgIpc) is 3.38. The molecule has 0 unspecified atom stereocenters. The van der Waals surface area contributed by atoms with Gasteiger partial charge in [-0.25, -0.2) is 0 Å². The van der Waals surface area contributed by atoms with Crippen LogP contribution in [0.25, 0.3) is 11.3 Å². The summed E-state index contributed by atoms with van der Waals surface area (Å²) in [7, 11) is 1.88. The van der Waals surface area contributed by atoms with E-state index in [2.05, 4.69) is 25.2 Å². The summed E-state index contributed by atoms with van der Waals surface area (Å²) in [6, 6.07) is 9.98. The van der Waals surface area contributed by atoms with Crippen LogP contribution in [0.5, 0.6) is 0 Å². The molecule has 0 radical (unpaired) electrons. The van der Waals surface area contributed by atoms with E-state index in [-0.39, 0.29) is 5.91 Å². The molecule has 4 heterocycles. The second-order valence-electron chi connectivity index (χ2n) is 7.77. The Morgan fingerprint density at radius 1 is 1.10 bits per heavy atom. The number of rotatable bonds is 3. The first kappa shape index (κ1) is 18.1. The molecule has 3 aromatic rings.